The monoisotopic (exact) mass is 472 g/mol. The summed E-state index contributed by atoms with van der Waals surface area (Å²) in [5.41, 5.74) is 0.280. The molecule has 5 rings (SSSR count). The minimum Gasteiger partial charge on any atom is -0.436 e. The van der Waals surface area contributed by atoms with Gasteiger partial charge in [-0.3, -0.25) is 19.7 Å². The number of nitrogens with zero attached hydrogens (tertiary/aromatic N) is 4. The Labute approximate surface area is 191 Å². The van der Waals surface area contributed by atoms with Crippen molar-refractivity contribution in [1.29, 1.82) is 0 Å². The summed E-state index contributed by atoms with van der Waals surface area (Å²) in [7, 11) is 0. The van der Waals surface area contributed by atoms with Crippen molar-refractivity contribution in [3.05, 3.63) is 68.3 Å². The van der Waals surface area contributed by atoms with E-state index in [1.165, 1.54) is 30.5 Å². The molecule has 3 aliphatic rings. The van der Waals surface area contributed by atoms with E-state index in [4.69, 9.17) is 27.9 Å². The second-order valence-corrected chi connectivity index (χ2v) is 8.57. The lowest BCUT2D eigenvalue weighted by atomic mass is 9.85. The Hall–Kier alpha value is -3.30. The number of carbonyl (C=O) groups excluding carboxylic acids is 2. The standard InChI is InChI=1S/C21H14Cl2N4O5/c22-14-5-10(6-15(23)19(14)32-16-4-3-13(9-24-16)27(30)31)8-25-26-20(28)17-11-1-2-12(7-11)18(17)21(26)29/h1-6,8-9,11-12,17-18H,7H2/t11-,12-,17-,18+/m0/s1. The number of fused-ring (bicyclic) bond motifs is 5. The van der Waals surface area contributed by atoms with Gasteiger partial charge in [-0.15, -0.1) is 0 Å². The molecule has 2 amide bonds. The highest BCUT2D eigenvalue weighted by Gasteiger charge is 2.59. The van der Waals surface area contributed by atoms with E-state index in [9.17, 15) is 19.7 Å². The van der Waals surface area contributed by atoms with Crippen molar-refractivity contribution in [2.24, 2.45) is 28.8 Å². The van der Waals surface area contributed by atoms with Crippen LogP contribution < -0.4 is 4.74 Å². The number of hydrogen-bond donors (Lipinski definition) is 0. The molecule has 2 fully saturated rings. The number of carbonyl (C=O) groups is 2. The number of rotatable bonds is 5. The molecule has 1 aromatic carbocycles. The largest absolute Gasteiger partial charge is 0.436 e. The van der Waals surface area contributed by atoms with Crippen molar-refractivity contribution in [3.8, 4) is 11.6 Å². The number of amides is 2. The average Bonchev–Trinajstić information content (AvgIpc) is 3.44. The SMILES string of the molecule is O=C1[C@@H]2[C@H](C(=O)N1N=Cc1cc(Cl)c(Oc3ccc([N+](=O)[O-])cn3)c(Cl)c1)[C@H]1C=C[C@H]2C1. The van der Waals surface area contributed by atoms with Gasteiger partial charge in [-0.25, -0.2) is 4.98 Å². The van der Waals surface area contributed by atoms with Crippen molar-refractivity contribution in [3.63, 3.8) is 0 Å². The summed E-state index contributed by atoms with van der Waals surface area (Å²) >= 11 is 12.6. The first-order chi connectivity index (χ1) is 15.3. The number of ether oxygens (including phenoxy) is 1. The zero-order valence-corrected chi connectivity index (χ0v) is 17.7. The van der Waals surface area contributed by atoms with Crippen LogP contribution in [0, 0.1) is 33.8 Å². The van der Waals surface area contributed by atoms with Gasteiger partial charge in [-0.2, -0.15) is 10.1 Å². The summed E-state index contributed by atoms with van der Waals surface area (Å²) in [5, 5.41) is 16.0. The Bertz CT molecular complexity index is 1160. The molecule has 1 saturated carbocycles. The molecule has 32 heavy (non-hydrogen) atoms. The third-order valence-electron chi connectivity index (χ3n) is 5.93. The summed E-state index contributed by atoms with van der Waals surface area (Å²) in [5.74, 6) is -0.825. The zero-order chi connectivity index (χ0) is 22.6. The molecule has 9 nitrogen and oxygen atoms in total. The van der Waals surface area contributed by atoms with E-state index in [1.54, 1.807) is 0 Å². The third-order valence-corrected chi connectivity index (χ3v) is 6.49. The van der Waals surface area contributed by atoms with E-state index in [0.717, 1.165) is 17.6 Å². The van der Waals surface area contributed by atoms with Crippen LogP contribution in [-0.2, 0) is 9.59 Å². The number of imide groups is 1. The van der Waals surface area contributed by atoms with Crippen LogP contribution in [0.3, 0.4) is 0 Å². The van der Waals surface area contributed by atoms with Crippen molar-refractivity contribution in [2.45, 2.75) is 6.42 Å². The number of benzene rings is 1. The van der Waals surface area contributed by atoms with E-state index in [2.05, 4.69) is 10.1 Å². The maximum Gasteiger partial charge on any atom is 0.287 e. The van der Waals surface area contributed by atoms with E-state index < -0.39 is 4.92 Å². The highest BCUT2D eigenvalue weighted by Crippen LogP contribution is 2.52. The number of nitro groups is 1. The molecule has 1 aliphatic heterocycles. The molecule has 2 bridgehead atoms. The van der Waals surface area contributed by atoms with E-state index in [-0.39, 0.29) is 62.8 Å². The second-order valence-electron chi connectivity index (χ2n) is 7.76. The quantitative estimate of drug-likeness (QED) is 0.211. The molecule has 162 valence electrons. The molecule has 0 N–H and O–H groups in total. The maximum atomic E-state index is 12.7. The fourth-order valence-electron chi connectivity index (χ4n) is 4.52. The molecular weight excluding hydrogens is 459 g/mol. The smallest absolute Gasteiger partial charge is 0.287 e. The summed E-state index contributed by atoms with van der Waals surface area (Å²) in [6.07, 6.45) is 7.28. The number of allylic oxidation sites excluding steroid dienone is 2. The van der Waals surface area contributed by atoms with Gasteiger partial charge in [0.25, 0.3) is 17.5 Å². The number of hydrazone groups is 1. The first-order valence-corrected chi connectivity index (χ1v) is 10.5. The van der Waals surface area contributed by atoms with Gasteiger partial charge < -0.3 is 4.74 Å². The summed E-state index contributed by atoms with van der Waals surface area (Å²) in [6, 6.07) is 5.58. The number of halogens is 2. The van der Waals surface area contributed by atoms with Gasteiger partial charge in [0, 0.05) is 12.1 Å². The van der Waals surface area contributed by atoms with Crippen LogP contribution in [0.15, 0.2) is 47.7 Å². The molecule has 4 atom stereocenters. The van der Waals surface area contributed by atoms with Crippen LogP contribution in [-0.4, -0.2) is 32.9 Å². The molecule has 1 saturated heterocycles. The molecule has 2 aliphatic carbocycles. The Morgan fingerprint density at radius 1 is 1.12 bits per heavy atom. The van der Waals surface area contributed by atoms with Gasteiger partial charge in [0.05, 0.1) is 33.0 Å². The summed E-state index contributed by atoms with van der Waals surface area (Å²) < 4.78 is 5.55. The molecule has 0 radical (unpaired) electrons. The van der Waals surface area contributed by atoms with Gasteiger partial charge in [-0.05, 0) is 36.0 Å². The predicted molar refractivity (Wildman–Crippen MR) is 115 cm³/mol. The predicted octanol–water partition coefficient (Wildman–Crippen LogP) is 4.23. The normalized spacial score (nSPS) is 25.8. The second kappa shape index (κ2) is 7.68. The van der Waals surface area contributed by atoms with Crippen LogP contribution in [0.5, 0.6) is 11.6 Å². The Balaban J connectivity index is 1.33. The molecule has 0 unspecified atom stereocenters. The molecule has 0 spiro atoms. The van der Waals surface area contributed by atoms with E-state index in [0.29, 0.717) is 5.56 Å². The van der Waals surface area contributed by atoms with Crippen LogP contribution in [0.25, 0.3) is 0 Å². The zero-order valence-electron chi connectivity index (χ0n) is 16.2. The maximum absolute atomic E-state index is 12.7. The van der Waals surface area contributed by atoms with Gasteiger partial charge in [0.15, 0.2) is 5.75 Å². The van der Waals surface area contributed by atoms with Crippen LogP contribution in [0.4, 0.5) is 5.69 Å². The van der Waals surface area contributed by atoms with Crippen molar-refractivity contribution < 1.29 is 19.2 Å². The first-order valence-electron chi connectivity index (χ1n) is 9.71. The van der Waals surface area contributed by atoms with Crippen LogP contribution in [0.1, 0.15) is 12.0 Å². The number of aromatic nitrogens is 1. The summed E-state index contributed by atoms with van der Waals surface area (Å²) in [4.78, 5) is 39.4. The Morgan fingerprint density at radius 2 is 1.75 bits per heavy atom. The third kappa shape index (κ3) is 3.34. The minimum atomic E-state index is -0.574. The lowest BCUT2D eigenvalue weighted by Crippen LogP contribution is -2.28. The molecule has 2 heterocycles. The molecule has 2 aromatic rings. The van der Waals surface area contributed by atoms with E-state index >= 15 is 0 Å². The number of hydrogen-bond acceptors (Lipinski definition) is 7. The average molecular weight is 473 g/mol. The topological polar surface area (TPSA) is 115 Å². The summed E-state index contributed by atoms with van der Waals surface area (Å²) in [6.45, 7) is 0. The van der Waals surface area contributed by atoms with Gasteiger partial charge >= 0.3 is 0 Å². The lowest BCUT2D eigenvalue weighted by Gasteiger charge is -2.13. The fraction of sp³-hybridized carbons (Fsp3) is 0.238. The van der Waals surface area contributed by atoms with E-state index in [1.807, 2.05) is 12.2 Å². The fourth-order valence-corrected chi connectivity index (χ4v) is 5.10. The van der Waals surface area contributed by atoms with Crippen LogP contribution in [0.2, 0.25) is 10.0 Å². The van der Waals surface area contributed by atoms with Gasteiger partial charge in [0.2, 0.25) is 5.88 Å². The lowest BCUT2D eigenvalue weighted by molar-refractivity contribution is -0.385. The van der Waals surface area contributed by atoms with Crippen molar-refractivity contribution in [2.75, 3.05) is 0 Å². The number of pyridine rings is 1. The van der Waals surface area contributed by atoms with Crippen molar-refractivity contribution >= 4 is 46.9 Å². The molecule has 11 heteroatoms. The Morgan fingerprint density at radius 3 is 2.28 bits per heavy atom. The van der Waals surface area contributed by atoms with Crippen LogP contribution >= 0.6 is 23.2 Å². The molecule has 1 aromatic heterocycles. The first kappa shape index (κ1) is 20.6. The van der Waals surface area contributed by atoms with Gasteiger partial charge in [0.1, 0.15) is 6.20 Å². The van der Waals surface area contributed by atoms with Gasteiger partial charge in [-0.1, -0.05) is 35.4 Å². The highest BCUT2D eigenvalue weighted by molar-refractivity contribution is 6.37. The highest BCUT2D eigenvalue weighted by atomic mass is 35.5. The Kier molecular flexibility index (Phi) is 4.94. The molecular formula is C21H14Cl2N4O5. The van der Waals surface area contributed by atoms with Crippen molar-refractivity contribution in [1.82, 2.24) is 9.99 Å². The minimum absolute atomic E-state index is 0.0730.